The highest BCUT2D eigenvalue weighted by atomic mass is 35.5. The molecule has 6 aromatic rings. The molecule has 0 aliphatic carbocycles. The van der Waals surface area contributed by atoms with Crippen LogP contribution in [0, 0.1) is 0 Å². The summed E-state index contributed by atoms with van der Waals surface area (Å²) in [7, 11) is 0. The van der Waals surface area contributed by atoms with E-state index >= 15 is 0 Å². The topological polar surface area (TPSA) is 95.9 Å². The summed E-state index contributed by atoms with van der Waals surface area (Å²) in [6.45, 7) is 3.60. The van der Waals surface area contributed by atoms with E-state index in [1.54, 1.807) is 62.4 Å². The van der Waals surface area contributed by atoms with Gasteiger partial charge in [-0.3, -0.25) is 4.79 Å². The molecule has 0 spiro atoms. The maximum absolute atomic E-state index is 13.8. The normalized spacial score (nSPS) is 12.4. The molecule has 0 aliphatic heterocycles. The predicted molar refractivity (Wildman–Crippen MR) is 160 cm³/mol. The number of carbonyl (C=O) groups excluding carboxylic acids is 1. The fourth-order valence-corrected chi connectivity index (χ4v) is 4.82. The molecule has 204 valence electrons. The second kappa shape index (κ2) is 10.9. The van der Waals surface area contributed by atoms with Crippen molar-refractivity contribution < 1.29 is 18.7 Å². The molecule has 2 heterocycles. The lowest BCUT2D eigenvalue weighted by atomic mass is 10.0. The van der Waals surface area contributed by atoms with Crippen molar-refractivity contribution in [2.24, 2.45) is 5.10 Å². The molecule has 2 aromatic heterocycles. The van der Waals surface area contributed by atoms with Gasteiger partial charge in [-0.15, -0.1) is 0 Å². The minimum Gasteiger partial charge on any atom is -0.478 e. The fourth-order valence-electron chi connectivity index (χ4n) is 4.64. The summed E-state index contributed by atoms with van der Waals surface area (Å²) in [6.07, 6.45) is 0.683. The molecular formula is C32H24ClN3O5. The van der Waals surface area contributed by atoms with Gasteiger partial charge in [0.1, 0.15) is 11.3 Å². The van der Waals surface area contributed by atoms with Gasteiger partial charge in [-0.1, -0.05) is 54.1 Å². The minimum absolute atomic E-state index is 0.222. The summed E-state index contributed by atoms with van der Waals surface area (Å²) in [5.41, 5.74) is 1.32. The zero-order chi connectivity index (χ0) is 28.5. The second-order valence-corrected chi connectivity index (χ2v) is 9.75. The summed E-state index contributed by atoms with van der Waals surface area (Å²) in [5.74, 6) is 0.507. The summed E-state index contributed by atoms with van der Waals surface area (Å²) in [5, 5.41) is 8.11. The highest BCUT2D eigenvalue weighted by molar-refractivity contribution is 6.31. The van der Waals surface area contributed by atoms with Crippen molar-refractivity contribution in [1.82, 2.24) is 9.66 Å². The van der Waals surface area contributed by atoms with Crippen LogP contribution in [0.2, 0.25) is 5.02 Å². The molecular weight excluding hydrogens is 542 g/mol. The Morgan fingerprint density at radius 1 is 1.02 bits per heavy atom. The van der Waals surface area contributed by atoms with Gasteiger partial charge in [-0.2, -0.15) is 9.78 Å². The molecule has 0 aliphatic rings. The fraction of sp³-hybridized carbons (Fsp3) is 0.125. The Hall–Kier alpha value is -4.95. The summed E-state index contributed by atoms with van der Waals surface area (Å²) >= 11 is 6.18. The van der Waals surface area contributed by atoms with Crippen LogP contribution in [0.4, 0.5) is 0 Å². The van der Waals surface area contributed by atoms with Crippen molar-refractivity contribution in [3.05, 3.63) is 106 Å². The van der Waals surface area contributed by atoms with Crippen molar-refractivity contribution in [2.45, 2.75) is 20.0 Å². The van der Waals surface area contributed by atoms with E-state index < -0.39 is 12.1 Å². The van der Waals surface area contributed by atoms with Gasteiger partial charge in [-0.25, -0.2) is 9.78 Å². The first-order chi connectivity index (χ1) is 19.9. The van der Waals surface area contributed by atoms with Crippen LogP contribution >= 0.6 is 11.6 Å². The van der Waals surface area contributed by atoms with E-state index in [-0.39, 0.29) is 18.0 Å². The van der Waals surface area contributed by atoms with E-state index in [1.807, 2.05) is 36.4 Å². The SMILES string of the molecule is CCOC(=O)[C@H](C)Oc1ccc2ccccc2c1C=Nn1c(-c2cc3cc(Cl)ccc3o2)nc2ccccc2c1=O. The van der Waals surface area contributed by atoms with Crippen LogP contribution < -0.4 is 10.3 Å². The van der Waals surface area contributed by atoms with Crippen molar-refractivity contribution in [2.75, 3.05) is 6.61 Å². The molecule has 0 saturated carbocycles. The van der Waals surface area contributed by atoms with Gasteiger partial charge < -0.3 is 13.9 Å². The van der Waals surface area contributed by atoms with Gasteiger partial charge in [0.25, 0.3) is 5.56 Å². The number of benzene rings is 4. The molecule has 0 fully saturated rings. The van der Waals surface area contributed by atoms with Crippen molar-refractivity contribution in [3.63, 3.8) is 0 Å². The monoisotopic (exact) mass is 565 g/mol. The highest BCUT2D eigenvalue weighted by Gasteiger charge is 2.20. The molecule has 0 radical (unpaired) electrons. The first kappa shape index (κ1) is 26.3. The molecule has 41 heavy (non-hydrogen) atoms. The number of aromatic nitrogens is 2. The van der Waals surface area contributed by atoms with Gasteiger partial charge in [0.05, 0.1) is 23.7 Å². The van der Waals surface area contributed by atoms with Gasteiger partial charge in [0.2, 0.25) is 5.82 Å². The third kappa shape index (κ3) is 5.05. The van der Waals surface area contributed by atoms with E-state index in [1.165, 1.54) is 10.9 Å². The lowest BCUT2D eigenvalue weighted by Gasteiger charge is -2.16. The first-order valence-corrected chi connectivity index (χ1v) is 13.4. The van der Waals surface area contributed by atoms with Crippen LogP contribution in [-0.2, 0) is 9.53 Å². The summed E-state index contributed by atoms with van der Waals surface area (Å²) in [4.78, 5) is 30.8. The largest absolute Gasteiger partial charge is 0.478 e. The average Bonchev–Trinajstić information content (AvgIpc) is 3.40. The Labute approximate surface area is 239 Å². The molecule has 4 aromatic carbocycles. The number of furan rings is 1. The maximum Gasteiger partial charge on any atom is 0.347 e. The zero-order valence-electron chi connectivity index (χ0n) is 22.2. The predicted octanol–water partition coefficient (Wildman–Crippen LogP) is 6.83. The summed E-state index contributed by atoms with van der Waals surface area (Å²) in [6, 6.07) is 25.5. The molecule has 0 unspecified atom stereocenters. The molecule has 0 amide bonds. The Morgan fingerprint density at radius 2 is 1.80 bits per heavy atom. The van der Waals surface area contributed by atoms with Gasteiger partial charge in [0, 0.05) is 16.0 Å². The number of fused-ring (bicyclic) bond motifs is 3. The third-order valence-corrected chi connectivity index (χ3v) is 6.84. The van der Waals surface area contributed by atoms with Crippen molar-refractivity contribution in [3.8, 4) is 17.3 Å². The smallest absolute Gasteiger partial charge is 0.347 e. The van der Waals surface area contributed by atoms with Gasteiger partial charge in [-0.05, 0) is 67.1 Å². The van der Waals surface area contributed by atoms with E-state index in [2.05, 4.69) is 5.10 Å². The highest BCUT2D eigenvalue weighted by Crippen LogP contribution is 2.30. The van der Waals surface area contributed by atoms with Crippen molar-refractivity contribution >= 4 is 56.4 Å². The minimum atomic E-state index is -0.855. The Kier molecular flexibility index (Phi) is 6.99. The molecule has 0 saturated heterocycles. The van der Waals surface area contributed by atoms with Gasteiger partial charge in [0.15, 0.2) is 11.9 Å². The standard InChI is InChI=1S/C32H24ClN3O5/c1-3-39-32(38)19(2)40-28-14-12-20-8-4-5-9-23(20)25(28)18-34-36-30(35-26-11-7-6-10-24(26)31(36)37)29-17-21-16-22(33)13-15-27(21)41-29/h4-19H,3H2,1-2H3/t19-/m0/s1. The molecule has 1 atom stereocenters. The van der Waals surface area contributed by atoms with Crippen LogP contribution in [0.25, 0.3) is 44.2 Å². The van der Waals surface area contributed by atoms with Crippen LogP contribution in [0.1, 0.15) is 19.4 Å². The van der Waals surface area contributed by atoms with Crippen LogP contribution in [0.5, 0.6) is 5.75 Å². The van der Waals surface area contributed by atoms with Crippen LogP contribution in [0.3, 0.4) is 0 Å². The lowest BCUT2D eigenvalue weighted by Crippen LogP contribution is -2.26. The third-order valence-electron chi connectivity index (χ3n) is 6.61. The zero-order valence-corrected chi connectivity index (χ0v) is 23.0. The average molecular weight is 566 g/mol. The van der Waals surface area contributed by atoms with Crippen molar-refractivity contribution in [1.29, 1.82) is 0 Å². The Bertz CT molecular complexity index is 2030. The summed E-state index contributed by atoms with van der Waals surface area (Å²) < 4.78 is 18.4. The number of hydrogen-bond acceptors (Lipinski definition) is 7. The molecule has 8 nitrogen and oxygen atoms in total. The number of carbonyl (C=O) groups is 1. The van der Waals surface area contributed by atoms with Crippen LogP contribution in [-0.4, -0.2) is 34.6 Å². The van der Waals surface area contributed by atoms with Gasteiger partial charge >= 0.3 is 5.97 Å². The number of hydrogen-bond donors (Lipinski definition) is 0. The second-order valence-electron chi connectivity index (χ2n) is 9.32. The molecule has 9 heteroatoms. The Balaban J connectivity index is 1.53. The lowest BCUT2D eigenvalue weighted by molar-refractivity contribution is -0.150. The number of esters is 1. The number of halogens is 1. The van der Waals surface area contributed by atoms with E-state index in [0.717, 1.165) is 16.2 Å². The van der Waals surface area contributed by atoms with E-state index in [0.29, 0.717) is 38.6 Å². The first-order valence-electron chi connectivity index (χ1n) is 13.0. The number of ether oxygens (including phenoxy) is 2. The molecule has 6 rings (SSSR count). The number of rotatable bonds is 7. The quantitative estimate of drug-likeness (QED) is 0.155. The number of para-hydroxylation sites is 1. The van der Waals surface area contributed by atoms with E-state index in [9.17, 15) is 9.59 Å². The van der Waals surface area contributed by atoms with Crippen LogP contribution in [0.15, 0.2) is 99.2 Å². The molecule has 0 N–H and O–H groups in total. The number of nitrogens with zero attached hydrogens (tertiary/aromatic N) is 3. The maximum atomic E-state index is 13.8. The molecule has 0 bridgehead atoms. The van der Waals surface area contributed by atoms with E-state index in [4.69, 9.17) is 30.5 Å². The Morgan fingerprint density at radius 3 is 2.63 bits per heavy atom.